The summed E-state index contributed by atoms with van der Waals surface area (Å²) in [7, 11) is 1.62. The minimum absolute atomic E-state index is 0.251. The maximum absolute atomic E-state index is 11.4. The second-order valence-corrected chi connectivity index (χ2v) is 2.93. The Hall–Kier alpha value is -1.69. The van der Waals surface area contributed by atoms with Gasteiger partial charge in [-0.3, -0.25) is 4.79 Å². The van der Waals surface area contributed by atoms with Gasteiger partial charge in [0, 0.05) is 20.3 Å². The molecular formula is C9H14N4O2. The molecule has 0 bridgehead atoms. The average molecular weight is 210 g/mol. The summed E-state index contributed by atoms with van der Waals surface area (Å²) >= 11 is 0. The van der Waals surface area contributed by atoms with Crippen molar-refractivity contribution in [2.45, 2.75) is 6.42 Å². The second-order valence-electron chi connectivity index (χ2n) is 2.93. The summed E-state index contributed by atoms with van der Waals surface area (Å²) in [6, 6.07) is 0. The summed E-state index contributed by atoms with van der Waals surface area (Å²) in [5.74, 6) is 0.0459. The minimum Gasteiger partial charge on any atom is -0.385 e. The van der Waals surface area contributed by atoms with E-state index in [0.29, 0.717) is 19.0 Å². The zero-order valence-electron chi connectivity index (χ0n) is 8.56. The second kappa shape index (κ2) is 5.92. The van der Waals surface area contributed by atoms with E-state index in [2.05, 4.69) is 15.3 Å². The number of methoxy groups -OCH3 is 1. The lowest BCUT2D eigenvalue weighted by molar-refractivity contribution is 0.0943. The molecule has 6 nitrogen and oxygen atoms in total. The molecule has 3 N–H and O–H groups in total. The normalized spacial score (nSPS) is 9.93. The number of nitrogen functional groups attached to an aromatic ring is 1. The maximum atomic E-state index is 11.4. The number of rotatable bonds is 5. The van der Waals surface area contributed by atoms with Gasteiger partial charge in [-0.1, -0.05) is 0 Å². The number of hydrogen-bond acceptors (Lipinski definition) is 5. The number of nitrogens with one attached hydrogen (secondary N) is 1. The lowest BCUT2D eigenvalue weighted by Crippen LogP contribution is -2.26. The Morgan fingerprint density at radius 2 is 2.33 bits per heavy atom. The Balaban J connectivity index is 2.37. The van der Waals surface area contributed by atoms with Crippen LogP contribution in [0.2, 0.25) is 0 Å². The molecular weight excluding hydrogens is 196 g/mol. The molecule has 0 aliphatic rings. The predicted molar refractivity (Wildman–Crippen MR) is 55.3 cm³/mol. The average Bonchev–Trinajstić information content (AvgIpc) is 2.25. The van der Waals surface area contributed by atoms with Gasteiger partial charge in [-0.05, 0) is 6.42 Å². The number of anilines is 1. The molecule has 1 heterocycles. The molecule has 0 spiro atoms. The van der Waals surface area contributed by atoms with Crippen molar-refractivity contribution in [3.63, 3.8) is 0 Å². The van der Waals surface area contributed by atoms with Crippen molar-refractivity contribution < 1.29 is 9.53 Å². The zero-order valence-corrected chi connectivity index (χ0v) is 8.56. The number of nitrogens with zero attached hydrogens (tertiary/aromatic N) is 2. The van der Waals surface area contributed by atoms with E-state index in [1.807, 2.05) is 0 Å². The number of hydrogen-bond donors (Lipinski definition) is 2. The molecule has 15 heavy (non-hydrogen) atoms. The van der Waals surface area contributed by atoms with Gasteiger partial charge < -0.3 is 15.8 Å². The van der Waals surface area contributed by atoms with Crippen LogP contribution in [0, 0.1) is 0 Å². The minimum atomic E-state index is -0.251. The Labute approximate surface area is 87.9 Å². The Morgan fingerprint density at radius 3 is 2.93 bits per heavy atom. The summed E-state index contributed by atoms with van der Waals surface area (Å²) in [4.78, 5) is 19.0. The quantitative estimate of drug-likeness (QED) is 0.658. The van der Waals surface area contributed by atoms with Crippen LogP contribution < -0.4 is 11.1 Å². The summed E-state index contributed by atoms with van der Waals surface area (Å²) in [6.07, 6.45) is 3.47. The molecule has 0 atom stereocenters. The highest BCUT2D eigenvalue weighted by Crippen LogP contribution is 1.95. The summed E-state index contributed by atoms with van der Waals surface area (Å²) in [5, 5.41) is 2.69. The van der Waals surface area contributed by atoms with Crippen molar-refractivity contribution in [2.24, 2.45) is 0 Å². The van der Waals surface area contributed by atoms with Crippen LogP contribution in [0.5, 0.6) is 0 Å². The smallest absolute Gasteiger partial charge is 0.271 e. The van der Waals surface area contributed by atoms with E-state index in [-0.39, 0.29) is 11.6 Å². The number of ether oxygens (including phenoxy) is 1. The van der Waals surface area contributed by atoms with E-state index in [9.17, 15) is 4.79 Å². The molecule has 0 unspecified atom stereocenters. The van der Waals surface area contributed by atoms with Crippen molar-refractivity contribution in [1.82, 2.24) is 15.3 Å². The standard InChI is InChI=1S/C9H14N4O2/c1-15-4-2-3-11-9(14)7-5-13-8(10)6-12-7/h5-6H,2-4H2,1H3,(H2,10,13)(H,11,14). The molecule has 0 aliphatic carbocycles. The molecule has 0 saturated heterocycles. The lowest BCUT2D eigenvalue weighted by atomic mass is 10.4. The molecule has 0 fully saturated rings. The Morgan fingerprint density at radius 1 is 1.53 bits per heavy atom. The molecule has 6 heteroatoms. The van der Waals surface area contributed by atoms with Gasteiger partial charge in [0.2, 0.25) is 0 Å². The van der Waals surface area contributed by atoms with Gasteiger partial charge in [-0.2, -0.15) is 0 Å². The monoisotopic (exact) mass is 210 g/mol. The first-order chi connectivity index (χ1) is 7.24. The molecule has 0 aliphatic heterocycles. The highest BCUT2D eigenvalue weighted by atomic mass is 16.5. The van der Waals surface area contributed by atoms with Gasteiger partial charge in [0.1, 0.15) is 11.5 Å². The van der Waals surface area contributed by atoms with Crippen molar-refractivity contribution in [2.75, 3.05) is 26.0 Å². The number of amides is 1. The summed E-state index contributed by atoms with van der Waals surface area (Å²) in [6.45, 7) is 1.17. The Bertz CT molecular complexity index is 312. The highest BCUT2D eigenvalue weighted by molar-refractivity contribution is 5.91. The van der Waals surface area contributed by atoms with Crippen LogP contribution in [-0.2, 0) is 4.74 Å². The van der Waals surface area contributed by atoms with Crippen LogP contribution in [-0.4, -0.2) is 36.1 Å². The third kappa shape index (κ3) is 3.90. The fourth-order valence-corrected chi connectivity index (χ4v) is 0.964. The maximum Gasteiger partial charge on any atom is 0.271 e. The molecule has 1 rings (SSSR count). The van der Waals surface area contributed by atoms with E-state index in [1.54, 1.807) is 7.11 Å². The third-order valence-corrected chi connectivity index (χ3v) is 1.72. The van der Waals surface area contributed by atoms with Crippen molar-refractivity contribution >= 4 is 11.7 Å². The summed E-state index contributed by atoms with van der Waals surface area (Å²) < 4.78 is 4.85. The molecule has 0 radical (unpaired) electrons. The number of carbonyl (C=O) groups is 1. The predicted octanol–water partition coefficient (Wildman–Crippen LogP) is -0.175. The van der Waals surface area contributed by atoms with Crippen LogP contribution in [0.15, 0.2) is 12.4 Å². The lowest BCUT2D eigenvalue weighted by Gasteiger charge is -2.03. The van der Waals surface area contributed by atoms with E-state index in [4.69, 9.17) is 10.5 Å². The molecule has 0 aromatic carbocycles. The molecule has 1 amide bonds. The SMILES string of the molecule is COCCCNC(=O)c1cnc(N)cn1. The Kier molecular flexibility index (Phi) is 4.49. The van der Waals surface area contributed by atoms with Crippen LogP contribution in [0.3, 0.4) is 0 Å². The number of nitrogens with two attached hydrogens (primary N) is 1. The number of aromatic nitrogens is 2. The van der Waals surface area contributed by atoms with Crippen molar-refractivity contribution in [3.05, 3.63) is 18.1 Å². The van der Waals surface area contributed by atoms with E-state index >= 15 is 0 Å². The first-order valence-electron chi connectivity index (χ1n) is 4.58. The van der Waals surface area contributed by atoms with E-state index in [0.717, 1.165) is 6.42 Å². The van der Waals surface area contributed by atoms with Gasteiger partial charge in [0.25, 0.3) is 5.91 Å². The first kappa shape index (κ1) is 11.4. The van der Waals surface area contributed by atoms with E-state index < -0.39 is 0 Å². The third-order valence-electron chi connectivity index (χ3n) is 1.72. The topological polar surface area (TPSA) is 90.1 Å². The fraction of sp³-hybridized carbons (Fsp3) is 0.444. The molecule has 1 aromatic rings. The van der Waals surface area contributed by atoms with Gasteiger partial charge >= 0.3 is 0 Å². The van der Waals surface area contributed by atoms with Gasteiger partial charge in [-0.25, -0.2) is 9.97 Å². The van der Waals surface area contributed by atoms with Crippen molar-refractivity contribution in [3.8, 4) is 0 Å². The van der Waals surface area contributed by atoms with Gasteiger partial charge in [0.05, 0.1) is 12.4 Å². The fourth-order valence-electron chi connectivity index (χ4n) is 0.964. The largest absolute Gasteiger partial charge is 0.385 e. The molecule has 82 valence electrons. The number of carbonyl (C=O) groups excluding carboxylic acids is 1. The van der Waals surface area contributed by atoms with Crippen LogP contribution in [0.25, 0.3) is 0 Å². The highest BCUT2D eigenvalue weighted by Gasteiger charge is 2.05. The van der Waals surface area contributed by atoms with Crippen LogP contribution >= 0.6 is 0 Å². The zero-order chi connectivity index (χ0) is 11.1. The molecule has 0 saturated carbocycles. The summed E-state index contributed by atoms with van der Waals surface area (Å²) in [5.41, 5.74) is 5.61. The van der Waals surface area contributed by atoms with Crippen LogP contribution in [0.4, 0.5) is 5.82 Å². The van der Waals surface area contributed by atoms with Crippen LogP contribution in [0.1, 0.15) is 16.9 Å². The first-order valence-corrected chi connectivity index (χ1v) is 4.58. The van der Waals surface area contributed by atoms with Crippen molar-refractivity contribution in [1.29, 1.82) is 0 Å². The molecule has 1 aromatic heterocycles. The van der Waals surface area contributed by atoms with E-state index in [1.165, 1.54) is 12.4 Å². The van der Waals surface area contributed by atoms with Gasteiger partial charge in [-0.15, -0.1) is 0 Å². The van der Waals surface area contributed by atoms with Gasteiger partial charge in [0.15, 0.2) is 0 Å².